The van der Waals surface area contributed by atoms with Crippen LogP contribution in [0.3, 0.4) is 0 Å². The van der Waals surface area contributed by atoms with Gasteiger partial charge in [-0.1, -0.05) is 32.0 Å². The Labute approximate surface area is 181 Å². The van der Waals surface area contributed by atoms with Crippen LogP contribution in [0.5, 0.6) is 5.75 Å². The molecule has 2 aromatic rings. The average molecular weight is 432 g/mol. The molecule has 0 unspecified atom stereocenters. The van der Waals surface area contributed by atoms with Gasteiger partial charge in [-0.25, -0.2) is 0 Å². The van der Waals surface area contributed by atoms with Gasteiger partial charge in [-0.05, 0) is 54.9 Å². The molecular weight excluding hydrogens is 403 g/mol. The summed E-state index contributed by atoms with van der Waals surface area (Å²) in [5.74, 6) is 1.70. The van der Waals surface area contributed by atoms with Crippen molar-refractivity contribution in [3.63, 3.8) is 0 Å². The molecule has 1 saturated heterocycles. The van der Waals surface area contributed by atoms with Crippen LogP contribution in [0.25, 0.3) is 11.1 Å². The molecular formula is C24H28F3N3O. The van der Waals surface area contributed by atoms with E-state index in [4.69, 9.17) is 9.73 Å². The molecule has 31 heavy (non-hydrogen) atoms. The van der Waals surface area contributed by atoms with Crippen LogP contribution in [-0.4, -0.2) is 61.0 Å². The van der Waals surface area contributed by atoms with Gasteiger partial charge in [-0.15, -0.1) is 0 Å². The Balaban J connectivity index is 1.63. The molecule has 0 spiro atoms. The number of ether oxygens (including phenoxy) is 1. The number of amidine groups is 1. The summed E-state index contributed by atoms with van der Waals surface area (Å²) in [6.45, 7) is 9.39. The van der Waals surface area contributed by atoms with Crippen LogP contribution in [-0.2, 0) is 6.18 Å². The summed E-state index contributed by atoms with van der Waals surface area (Å²) in [5.41, 5.74) is 1.86. The van der Waals surface area contributed by atoms with Crippen LogP contribution in [0.15, 0.2) is 47.5 Å². The van der Waals surface area contributed by atoms with Crippen molar-refractivity contribution in [3.05, 3.63) is 53.6 Å². The monoisotopic (exact) mass is 431 g/mol. The number of nitrogens with zero attached hydrogens (tertiary/aromatic N) is 3. The number of alkyl halides is 3. The number of likely N-dealkylation sites (tertiary alicyclic amines) is 1. The molecule has 2 aliphatic rings. The largest absolute Gasteiger partial charge is 0.491 e. The predicted molar refractivity (Wildman–Crippen MR) is 117 cm³/mol. The normalized spacial score (nSPS) is 19.1. The molecule has 0 bridgehead atoms. The average Bonchev–Trinajstić information content (AvgIpc) is 3.14. The lowest BCUT2D eigenvalue weighted by Gasteiger charge is -2.27. The quantitative estimate of drug-likeness (QED) is 0.687. The third-order valence-corrected chi connectivity index (χ3v) is 6.17. The Morgan fingerprint density at radius 2 is 1.77 bits per heavy atom. The van der Waals surface area contributed by atoms with Crippen LogP contribution in [0.1, 0.15) is 31.4 Å². The maximum Gasteiger partial charge on any atom is 0.416 e. The fourth-order valence-corrected chi connectivity index (χ4v) is 4.50. The molecule has 0 N–H and O–H groups in total. The van der Waals surface area contributed by atoms with Crippen LogP contribution >= 0.6 is 0 Å². The fraction of sp³-hybridized carbons (Fsp3) is 0.458. The SMILES string of the molecule is CCN(CC)[C@@H]1CCN(C2=NCCOc3ccc(-c4ccc(C(F)(F)F)cc4)cc32)C1. The van der Waals surface area contributed by atoms with Gasteiger partial charge in [0.05, 0.1) is 17.7 Å². The topological polar surface area (TPSA) is 28.1 Å². The Morgan fingerprint density at radius 1 is 1.06 bits per heavy atom. The first kappa shape index (κ1) is 21.7. The highest BCUT2D eigenvalue weighted by Crippen LogP contribution is 2.33. The lowest BCUT2D eigenvalue weighted by Crippen LogP contribution is -2.38. The van der Waals surface area contributed by atoms with Crippen LogP contribution in [0.2, 0.25) is 0 Å². The second-order valence-corrected chi connectivity index (χ2v) is 7.95. The maximum absolute atomic E-state index is 12.9. The molecule has 4 nitrogen and oxygen atoms in total. The number of halogens is 3. The molecule has 0 aromatic heterocycles. The summed E-state index contributed by atoms with van der Waals surface area (Å²) >= 11 is 0. The minimum Gasteiger partial charge on any atom is -0.491 e. The third kappa shape index (κ3) is 4.56. The highest BCUT2D eigenvalue weighted by molar-refractivity contribution is 6.02. The van der Waals surface area contributed by atoms with E-state index < -0.39 is 11.7 Å². The van der Waals surface area contributed by atoms with Crippen LogP contribution in [0.4, 0.5) is 13.2 Å². The lowest BCUT2D eigenvalue weighted by molar-refractivity contribution is -0.137. The third-order valence-electron chi connectivity index (χ3n) is 6.17. The zero-order chi connectivity index (χ0) is 22.0. The van der Waals surface area contributed by atoms with Gasteiger partial charge in [-0.3, -0.25) is 9.89 Å². The summed E-state index contributed by atoms with van der Waals surface area (Å²) in [4.78, 5) is 9.63. The second kappa shape index (κ2) is 8.91. The van der Waals surface area contributed by atoms with Crippen molar-refractivity contribution in [2.24, 2.45) is 4.99 Å². The van der Waals surface area contributed by atoms with E-state index in [9.17, 15) is 13.2 Å². The van der Waals surface area contributed by atoms with Gasteiger partial charge >= 0.3 is 6.18 Å². The number of aliphatic imine (C=N–C) groups is 1. The molecule has 1 atom stereocenters. The van der Waals surface area contributed by atoms with Crippen molar-refractivity contribution >= 4 is 5.84 Å². The first-order valence-corrected chi connectivity index (χ1v) is 10.9. The summed E-state index contributed by atoms with van der Waals surface area (Å²) in [7, 11) is 0. The van der Waals surface area contributed by atoms with E-state index in [0.29, 0.717) is 19.2 Å². The molecule has 0 saturated carbocycles. The van der Waals surface area contributed by atoms with Gasteiger partial charge in [0.15, 0.2) is 0 Å². The Morgan fingerprint density at radius 3 is 2.45 bits per heavy atom. The van der Waals surface area contributed by atoms with Crippen molar-refractivity contribution in [1.82, 2.24) is 9.80 Å². The number of hydrogen-bond donors (Lipinski definition) is 0. The molecule has 4 rings (SSSR count). The Kier molecular flexibility index (Phi) is 6.23. The highest BCUT2D eigenvalue weighted by Gasteiger charge is 2.31. The minimum absolute atomic E-state index is 0.503. The van der Waals surface area contributed by atoms with Crippen molar-refractivity contribution in [2.45, 2.75) is 32.5 Å². The van der Waals surface area contributed by atoms with Gasteiger partial charge in [0, 0.05) is 19.1 Å². The maximum atomic E-state index is 12.9. The molecule has 1 fully saturated rings. The van der Waals surface area contributed by atoms with Gasteiger partial charge in [0.1, 0.15) is 18.2 Å². The summed E-state index contributed by atoms with van der Waals surface area (Å²) < 4.78 is 44.7. The number of benzene rings is 2. The second-order valence-electron chi connectivity index (χ2n) is 7.95. The standard InChI is InChI=1S/C24H28F3N3O/c1-3-29(4-2)20-11-13-30(16-20)23-21-15-18(7-10-22(21)31-14-12-28-23)17-5-8-19(9-6-17)24(25,26)27/h5-10,15,20H,3-4,11-14,16H2,1-2H3/t20-/m1/s1. The van der Waals surface area contributed by atoms with Gasteiger partial charge in [0.25, 0.3) is 0 Å². The first-order valence-electron chi connectivity index (χ1n) is 10.9. The van der Waals surface area contributed by atoms with Gasteiger partial charge in [0.2, 0.25) is 0 Å². The molecule has 2 aromatic carbocycles. The van der Waals surface area contributed by atoms with Crippen molar-refractivity contribution in [1.29, 1.82) is 0 Å². The number of rotatable bonds is 4. The van der Waals surface area contributed by atoms with Crippen molar-refractivity contribution < 1.29 is 17.9 Å². The van der Waals surface area contributed by atoms with E-state index in [2.05, 4.69) is 23.6 Å². The smallest absolute Gasteiger partial charge is 0.416 e. The van der Waals surface area contributed by atoms with E-state index in [-0.39, 0.29) is 0 Å². The van der Waals surface area contributed by atoms with Gasteiger partial charge < -0.3 is 9.64 Å². The molecule has 166 valence electrons. The molecule has 0 amide bonds. The lowest BCUT2D eigenvalue weighted by atomic mass is 10.00. The van der Waals surface area contributed by atoms with Crippen molar-refractivity contribution in [2.75, 3.05) is 39.3 Å². The minimum atomic E-state index is -4.34. The van der Waals surface area contributed by atoms with E-state index in [1.165, 1.54) is 12.1 Å². The summed E-state index contributed by atoms with van der Waals surface area (Å²) in [6.07, 6.45) is -3.24. The highest BCUT2D eigenvalue weighted by atomic mass is 19.4. The summed E-state index contributed by atoms with van der Waals surface area (Å²) in [6, 6.07) is 11.6. The number of hydrogen-bond acceptors (Lipinski definition) is 4. The molecule has 2 heterocycles. The van der Waals surface area contributed by atoms with E-state index in [1.54, 1.807) is 0 Å². The van der Waals surface area contributed by atoms with Crippen LogP contribution < -0.4 is 4.74 Å². The number of fused-ring (bicyclic) bond motifs is 1. The number of likely N-dealkylation sites (N-methyl/N-ethyl adjacent to an activating group) is 1. The Bertz CT molecular complexity index is 936. The van der Waals surface area contributed by atoms with Crippen molar-refractivity contribution in [3.8, 4) is 16.9 Å². The van der Waals surface area contributed by atoms with E-state index in [0.717, 1.165) is 73.0 Å². The van der Waals surface area contributed by atoms with Crippen LogP contribution in [0, 0.1) is 0 Å². The molecule has 0 aliphatic carbocycles. The van der Waals surface area contributed by atoms with Gasteiger partial charge in [-0.2, -0.15) is 13.2 Å². The van der Waals surface area contributed by atoms with E-state index >= 15 is 0 Å². The fourth-order valence-electron chi connectivity index (χ4n) is 4.50. The zero-order valence-corrected chi connectivity index (χ0v) is 18.0. The zero-order valence-electron chi connectivity index (χ0n) is 18.0. The summed E-state index contributed by atoms with van der Waals surface area (Å²) in [5, 5.41) is 0. The van der Waals surface area contributed by atoms with E-state index in [1.807, 2.05) is 18.2 Å². The molecule has 2 aliphatic heterocycles. The molecule has 7 heteroatoms. The molecule has 0 radical (unpaired) electrons. The first-order chi connectivity index (χ1) is 14.9. The predicted octanol–water partition coefficient (Wildman–Crippen LogP) is 4.93. The Hall–Kier alpha value is -2.54.